The van der Waals surface area contributed by atoms with Gasteiger partial charge in [0.2, 0.25) is 0 Å². The third-order valence-electron chi connectivity index (χ3n) is 12.5. The quantitative estimate of drug-likeness (QED) is 0.153. The summed E-state index contributed by atoms with van der Waals surface area (Å²) in [6.45, 7) is 0. The van der Waals surface area contributed by atoms with E-state index in [1.165, 1.54) is 44.2 Å². The maximum absolute atomic E-state index is 6.48. The first kappa shape index (κ1) is 38.0. The zero-order valence-electron chi connectivity index (χ0n) is 35.4. The van der Waals surface area contributed by atoms with Crippen LogP contribution in [0.25, 0.3) is 122 Å². The number of hydrogen-bond donors (Lipinski definition) is 0. The highest BCUT2D eigenvalue weighted by Gasteiger charge is 2.16. The molecule has 3 heteroatoms. The Morgan fingerprint density at radius 1 is 0.262 bits per heavy atom. The fourth-order valence-electron chi connectivity index (χ4n) is 9.20. The van der Waals surface area contributed by atoms with E-state index in [0.717, 1.165) is 72.3 Å². The molecule has 0 fully saturated rings. The fraction of sp³-hybridized carbons (Fsp3) is 0. The molecule has 2 heterocycles. The highest BCUT2D eigenvalue weighted by Crippen LogP contribution is 2.39. The van der Waals surface area contributed by atoms with Crippen LogP contribution < -0.4 is 0 Å². The number of aromatic nitrogens is 2. The molecule has 0 N–H and O–H groups in total. The SMILES string of the molecule is c1ccc(-c2cc(-c3ccc(-c4cc(-c5ccc6c(c5)oc5ccc7ccccc7c56)nc(-c5ccccc5)n4)cc3)cc(-c3ccc(-c4ccccc4-c4ccccc4)cc3)c2)cc1. The first-order chi connectivity index (χ1) is 32.2. The first-order valence-electron chi connectivity index (χ1n) is 22.0. The fourth-order valence-corrected chi connectivity index (χ4v) is 9.20. The third kappa shape index (κ3) is 7.25. The highest BCUT2D eigenvalue weighted by molar-refractivity contribution is 6.19. The molecule has 10 aromatic carbocycles. The molecule has 65 heavy (non-hydrogen) atoms. The summed E-state index contributed by atoms with van der Waals surface area (Å²) in [4.78, 5) is 10.3. The molecule has 0 bridgehead atoms. The molecular formula is C62H40N2O. The lowest BCUT2D eigenvalue weighted by Crippen LogP contribution is -1.96. The summed E-state index contributed by atoms with van der Waals surface area (Å²) >= 11 is 0. The average Bonchev–Trinajstić information content (AvgIpc) is 3.78. The molecule has 0 saturated carbocycles. The topological polar surface area (TPSA) is 38.9 Å². The van der Waals surface area contributed by atoms with E-state index in [9.17, 15) is 0 Å². The summed E-state index contributed by atoms with van der Waals surface area (Å²) in [7, 11) is 0. The molecule has 0 saturated heterocycles. The van der Waals surface area contributed by atoms with Crippen LogP contribution in [0.2, 0.25) is 0 Å². The zero-order valence-corrected chi connectivity index (χ0v) is 35.4. The highest BCUT2D eigenvalue weighted by atomic mass is 16.3. The second-order valence-electron chi connectivity index (χ2n) is 16.5. The number of benzene rings is 10. The summed E-state index contributed by atoms with van der Waals surface area (Å²) < 4.78 is 6.48. The van der Waals surface area contributed by atoms with Crippen LogP contribution in [0, 0.1) is 0 Å². The van der Waals surface area contributed by atoms with Gasteiger partial charge >= 0.3 is 0 Å². The Hall–Kier alpha value is -8.66. The molecule has 3 nitrogen and oxygen atoms in total. The molecule has 0 amide bonds. The van der Waals surface area contributed by atoms with E-state index in [4.69, 9.17) is 14.4 Å². The molecule has 0 aliphatic heterocycles. The van der Waals surface area contributed by atoms with Crippen molar-refractivity contribution in [2.24, 2.45) is 0 Å². The minimum Gasteiger partial charge on any atom is -0.456 e. The van der Waals surface area contributed by atoms with Crippen LogP contribution in [0.3, 0.4) is 0 Å². The van der Waals surface area contributed by atoms with E-state index in [2.05, 4.69) is 224 Å². The van der Waals surface area contributed by atoms with Crippen molar-refractivity contribution in [1.82, 2.24) is 9.97 Å². The predicted octanol–water partition coefficient (Wildman–Crippen LogP) is 16.9. The smallest absolute Gasteiger partial charge is 0.160 e. The third-order valence-corrected chi connectivity index (χ3v) is 12.5. The van der Waals surface area contributed by atoms with Gasteiger partial charge in [0, 0.05) is 27.5 Å². The standard InChI is InChI=1S/C62H40N2O/c1-4-14-41(15-5-1)50-36-51(42-24-28-46(29-25-42)54-22-13-12-21-53(54)44-16-6-2-7-17-44)38-52(37-50)43-26-30-47(31-27-43)57-40-58(64-62(63-57)48-19-8-3-9-20-48)49-32-34-56-60(39-49)65-59-35-33-45-18-10-11-23-55(45)61(56)59/h1-40H. The zero-order chi connectivity index (χ0) is 43.1. The van der Waals surface area contributed by atoms with Crippen LogP contribution in [0.15, 0.2) is 247 Å². The van der Waals surface area contributed by atoms with Gasteiger partial charge in [-0.25, -0.2) is 9.97 Å². The van der Waals surface area contributed by atoms with Crippen molar-refractivity contribution >= 4 is 32.7 Å². The van der Waals surface area contributed by atoms with E-state index in [-0.39, 0.29) is 0 Å². The Kier molecular flexibility index (Phi) is 9.50. The monoisotopic (exact) mass is 828 g/mol. The lowest BCUT2D eigenvalue weighted by atomic mass is 9.91. The Balaban J connectivity index is 0.915. The largest absolute Gasteiger partial charge is 0.456 e. The van der Waals surface area contributed by atoms with Crippen molar-refractivity contribution in [1.29, 1.82) is 0 Å². The van der Waals surface area contributed by atoms with Gasteiger partial charge in [-0.3, -0.25) is 0 Å². The molecule has 2 aromatic heterocycles. The second kappa shape index (κ2) is 16.2. The van der Waals surface area contributed by atoms with Crippen molar-refractivity contribution in [3.05, 3.63) is 243 Å². The number of hydrogen-bond acceptors (Lipinski definition) is 3. The number of fused-ring (bicyclic) bond motifs is 5. The summed E-state index contributed by atoms with van der Waals surface area (Å²) in [5.41, 5.74) is 18.1. The Morgan fingerprint density at radius 2 is 0.723 bits per heavy atom. The molecule has 0 atom stereocenters. The minimum atomic E-state index is 0.674. The molecule has 0 spiro atoms. The van der Waals surface area contributed by atoms with Crippen LogP contribution in [0.4, 0.5) is 0 Å². The average molecular weight is 829 g/mol. The van der Waals surface area contributed by atoms with Crippen LogP contribution in [-0.4, -0.2) is 9.97 Å². The van der Waals surface area contributed by atoms with Crippen molar-refractivity contribution < 1.29 is 4.42 Å². The minimum absolute atomic E-state index is 0.674. The van der Waals surface area contributed by atoms with Gasteiger partial charge in [-0.15, -0.1) is 0 Å². The number of furan rings is 1. The van der Waals surface area contributed by atoms with E-state index >= 15 is 0 Å². The Bertz CT molecular complexity index is 3670. The Morgan fingerprint density at radius 3 is 1.35 bits per heavy atom. The maximum atomic E-state index is 6.48. The molecule has 0 radical (unpaired) electrons. The van der Waals surface area contributed by atoms with E-state index in [1.807, 2.05) is 18.2 Å². The van der Waals surface area contributed by atoms with Gasteiger partial charge in [0.25, 0.3) is 0 Å². The van der Waals surface area contributed by atoms with Gasteiger partial charge in [-0.05, 0) is 109 Å². The van der Waals surface area contributed by atoms with Gasteiger partial charge in [0.1, 0.15) is 11.2 Å². The predicted molar refractivity (Wildman–Crippen MR) is 270 cm³/mol. The molecule has 12 rings (SSSR count). The first-order valence-corrected chi connectivity index (χ1v) is 22.0. The van der Waals surface area contributed by atoms with Crippen LogP contribution in [-0.2, 0) is 0 Å². The lowest BCUT2D eigenvalue weighted by Gasteiger charge is -2.14. The van der Waals surface area contributed by atoms with Gasteiger partial charge in [0.15, 0.2) is 5.82 Å². The molecular weight excluding hydrogens is 789 g/mol. The van der Waals surface area contributed by atoms with Gasteiger partial charge in [-0.2, -0.15) is 0 Å². The Labute approximate surface area is 377 Å². The van der Waals surface area contributed by atoms with Crippen molar-refractivity contribution in [3.8, 4) is 89.5 Å². The van der Waals surface area contributed by atoms with Gasteiger partial charge in [0.05, 0.1) is 11.4 Å². The number of rotatable bonds is 8. The molecule has 12 aromatic rings. The van der Waals surface area contributed by atoms with Gasteiger partial charge in [-0.1, -0.05) is 200 Å². The summed E-state index contributed by atoms with van der Waals surface area (Å²) in [5.74, 6) is 0.674. The summed E-state index contributed by atoms with van der Waals surface area (Å²) in [6, 6.07) is 86.0. The van der Waals surface area contributed by atoms with Crippen LogP contribution in [0.1, 0.15) is 0 Å². The van der Waals surface area contributed by atoms with Crippen molar-refractivity contribution in [2.75, 3.05) is 0 Å². The van der Waals surface area contributed by atoms with E-state index in [0.29, 0.717) is 5.82 Å². The number of nitrogens with zero attached hydrogens (tertiary/aromatic N) is 2. The molecule has 0 aliphatic rings. The van der Waals surface area contributed by atoms with E-state index in [1.54, 1.807) is 0 Å². The summed E-state index contributed by atoms with van der Waals surface area (Å²) in [5, 5.41) is 4.61. The lowest BCUT2D eigenvalue weighted by molar-refractivity contribution is 0.669. The van der Waals surface area contributed by atoms with Crippen LogP contribution in [0.5, 0.6) is 0 Å². The maximum Gasteiger partial charge on any atom is 0.160 e. The normalized spacial score (nSPS) is 11.4. The molecule has 304 valence electrons. The van der Waals surface area contributed by atoms with Crippen molar-refractivity contribution in [3.63, 3.8) is 0 Å². The van der Waals surface area contributed by atoms with Crippen molar-refractivity contribution in [2.45, 2.75) is 0 Å². The second-order valence-corrected chi connectivity index (χ2v) is 16.5. The summed E-state index contributed by atoms with van der Waals surface area (Å²) in [6.07, 6.45) is 0. The molecule has 0 unspecified atom stereocenters. The molecule has 0 aliphatic carbocycles. The van der Waals surface area contributed by atoms with Crippen LogP contribution >= 0.6 is 0 Å². The van der Waals surface area contributed by atoms with Gasteiger partial charge < -0.3 is 4.42 Å². The van der Waals surface area contributed by atoms with E-state index < -0.39 is 0 Å².